The number of hydrogen-bond acceptors (Lipinski definition) is 4. The molecule has 0 spiro atoms. The van der Waals surface area contributed by atoms with Gasteiger partial charge in [-0.2, -0.15) is 20.5 Å². The van der Waals surface area contributed by atoms with Gasteiger partial charge in [0.1, 0.15) is 11.5 Å². The molecule has 1 saturated heterocycles. The first-order valence-electron chi connectivity index (χ1n) is 6.50. The highest BCUT2D eigenvalue weighted by molar-refractivity contribution is 7.99. The fourth-order valence-electron chi connectivity index (χ4n) is 2.09. The Morgan fingerprint density at radius 3 is 2.79 bits per heavy atom. The van der Waals surface area contributed by atoms with E-state index in [0.717, 1.165) is 18.2 Å². The topological polar surface area (TPSA) is 25.2 Å². The zero-order valence-electron chi connectivity index (χ0n) is 10.7. The monoisotopic (exact) mass is 307 g/mol. The van der Waals surface area contributed by atoms with Gasteiger partial charge in [-0.25, -0.2) is 0 Å². The molecule has 0 aromatic carbocycles. The van der Waals surface area contributed by atoms with Gasteiger partial charge in [0.25, 0.3) is 5.76 Å². The van der Waals surface area contributed by atoms with Crippen molar-refractivity contribution in [2.75, 3.05) is 18.1 Å². The summed E-state index contributed by atoms with van der Waals surface area (Å²) in [6.07, 6.45) is 2.57. The third-order valence-corrected chi connectivity index (χ3v) is 4.89. The minimum atomic E-state index is -2.34. The summed E-state index contributed by atoms with van der Waals surface area (Å²) < 4.78 is 29.6. The Bertz CT molecular complexity index is 367. The van der Waals surface area contributed by atoms with Crippen molar-refractivity contribution in [3.63, 3.8) is 0 Å². The summed E-state index contributed by atoms with van der Waals surface area (Å²) in [6, 6.07) is 3.65. The maximum absolute atomic E-state index is 12.0. The average Bonchev–Trinajstić information content (AvgIpc) is 2.86. The molecule has 0 atom stereocenters. The van der Waals surface area contributed by atoms with Crippen molar-refractivity contribution < 1.29 is 13.2 Å². The fraction of sp³-hybridized carbons (Fsp3) is 0.692. The van der Waals surface area contributed by atoms with Crippen molar-refractivity contribution >= 4 is 23.5 Å². The maximum Gasteiger partial charge on any atom is 0.284 e. The summed E-state index contributed by atoms with van der Waals surface area (Å²) in [4.78, 5) is 0. The van der Waals surface area contributed by atoms with Gasteiger partial charge in [0, 0.05) is 0 Å². The Morgan fingerprint density at radius 2 is 2.05 bits per heavy atom. The molecule has 0 radical (unpaired) electrons. The first-order valence-corrected chi connectivity index (χ1v) is 8.70. The Hall–Kier alpha value is -0.200. The third-order valence-electron chi connectivity index (χ3n) is 3.14. The quantitative estimate of drug-likeness (QED) is 0.824. The molecule has 2 nitrogen and oxygen atoms in total. The molecule has 0 saturated carbocycles. The second-order valence-corrected chi connectivity index (χ2v) is 6.83. The van der Waals surface area contributed by atoms with Crippen LogP contribution in [-0.4, -0.2) is 23.8 Å². The highest BCUT2D eigenvalue weighted by atomic mass is 32.2. The van der Waals surface area contributed by atoms with Gasteiger partial charge in [-0.1, -0.05) is 11.8 Å². The molecule has 2 heterocycles. The lowest BCUT2D eigenvalue weighted by atomic mass is 10.0. The summed E-state index contributed by atoms with van der Waals surface area (Å²) in [5, 5.41) is 3.39. The molecule has 0 aliphatic carbocycles. The molecule has 0 unspecified atom stereocenters. The number of rotatable bonds is 7. The average molecular weight is 307 g/mol. The summed E-state index contributed by atoms with van der Waals surface area (Å²) in [5.41, 5.74) is 0. The predicted molar refractivity (Wildman–Crippen MR) is 77.8 cm³/mol. The van der Waals surface area contributed by atoms with E-state index in [1.54, 1.807) is 6.07 Å². The van der Waals surface area contributed by atoms with Crippen molar-refractivity contribution in [1.29, 1.82) is 0 Å². The second kappa shape index (κ2) is 8.17. The van der Waals surface area contributed by atoms with Gasteiger partial charge in [0.2, 0.25) is 0 Å². The van der Waals surface area contributed by atoms with Gasteiger partial charge in [-0.3, -0.25) is 0 Å². The van der Waals surface area contributed by atoms with Crippen molar-refractivity contribution in [1.82, 2.24) is 5.32 Å². The fourth-order valence-corrected chi connectivity index (χ4v) is 3.74. The van der Waals surface area contributed by atoms with Gasteiger partial charge in [0.15, 0.2) is 0 Å². The molecule has 19 heavy (non-hydrogen) atoms. The van der Waals surface area contributed by atoms with E-state index in [-0.39, 0.29) is 5.75 Å². The minimum Gasteiger partial charge on any atom is -0.464 e. The van der Waals surface area contributed by atoms with E-state index in [9.17, 15) is 8.78 Å². The van der Waals surface area contributed by atoms with Gasteiger partial charge < -0.3 is 9.73 Å². The van der Waals surface area contributed by atoms with Crippen molar-refractivity contribution in [3.05, 3.63) is 23.7 Å². The molecule has 1 fully saturated rings. The molecule has 1 aliphatic rings. The van der Waals surface area contributed by atoms with Crippen LogP contribution in [0, 0.1) is 5.92 Å². The SMILES string of the molecule is FC(F)SCc1ccc(CNCC2CCSCC2)o1. The molecule has 1 N–H and O–H groups in total. The zero-order chi connectivity index (χ0) is 13.5. The first kappa shape index (κ1) is 15.2. The molecule has 0 amide bonds. The molecule has 0 bridgehead atoms. The summed E-state index contributed by atoms with van der Waals surface area (Å²) >= 11 is 2.62. The van der Waals surface area contributed by atoms with Crippen LogP contribution < -0.4 is 5.32 Å². The molecule has 6 heteroatoms. The maximum atomic E-state index is 12.0. The predicted octanol–water partition coefficient (Wildman–Crippen LogP) is 3.97. The van der Waals surface area contributed by atoms with Crippen LogP contribution in [0.25, 0.3) is 0 Å². The normalized spacial score (nSPS) is 17.2. The van der Waals surface area contributed by atoms with E-state index >= 15 is 0 Å². The Labute approximate surface area is 121 Å². The number of hydrogen-bond donors (Lipinski definition) is 1. The van der Waals surface area contributed by atoms with Crippen LogP contribution in [0.4, 0.5) is 8.78 Å². The number of thioether (sulfide) groups is 2. The lowest BCUT2D eigenvalue weighted by Crippen LogP contribution is -2.25. The molecular weight excluding hydrogens is 288 g/mol. The van der Waals surface area contributed by atoms with Gasteiger partial charge >= 0.3 is 0 Å². The highest BCUT2D eigenvalue weighted by Crippen LogP contribution is 2.23. The largest absolute Gasteiger partial charge is 0.464 e. The van der Waals surface area contributed by atoms with Crippen LogP contribution in [0.1, 0.15) is 24.4 Å². The smallest absolute Gasteiger partial charge is 0.284 e. The zero-order valence-corrected chi connectivity index (χ0v) is 12.4. The van der Waals surface area contributed by atoms with Crippen LogP contribution in [0.5, 0.6) is 0 Å². The first-order chi connectivity index (χ1) is 9.24. The van der Waals surface area contributed by atoms with Crippen LogP contribution in [0.3, 0.4) is 0 Å². The number of furan rings is 1. The third kappa shape index (κ3) is 5.75. The van der Waals surface area contributed by atoms with Crippen LogP contribution >= 0.6 is 23.5 Å². The molecule has 108 valence electrons. The van der Waals surface area contributed by atoms with Crippen molar-refractivity contribution in [2.24, 2.45) is 5.92 Å². The molecule has 1 aromatic rings. The number of alkyl halides is 2. The summed E-state index contributed by atoms with van der Waals surface area (Å²) in [6.45, 7) is 1.70. The highest BCUT2D eigenvalue weighted by Gasteiger charge is 2.13. The van der Waals surface area contributed by atoms with E-state index in [1.165, 1.54) is 24.3 Å². The van der Waals surface area contributed by atoms with Gasteiger partial charge in [-0.05, 0) is 48.9 Å². The van der Waals surface area contributed by atoms with E-state index in [1.807, 2.05) is 17.8 Å². The van der Waals surface area contributed by atoms with Crippen molar-refractivity contribution in [2.45, 2.75) is 30.9 Å². The van der Waals surface area contributed by atoms with Crippen LogP contribution in [0.15, 0.2) is 16.5 Å². The Balaban J connectivity index is 1.65. The lowest BCUT2D eigenvalue weighted by molar-refractivity contribution is 0.251. The molecule has 2 rings (SSSR count). The number of nitrogens with one attached hydrogen (secondary N) is 1. The minimum absolute atomic E-state index is 0.234. The Kier molecular flexibility index (Phi) is 6.53. The Morgan fingerprint density at radius 1 is 1.32 bits per heavy atom. The van der Waals surface area contributed by atoms with Gasteiger partial charge in [-0.15, -0.1) is 0 Å². The van der Waals surface area contributed by atoms with E-state index in [4.69, 9.17) is 4.42 Å². The van der Waals surface area contributed by atoms with E-state index in [0.29, 0.717) is 24.1 Å². The van der Waals surface area contributed by atoms with Gasteiger partial charge in [0.05, 0.1) is 12.3 Å². The molecule has 1 aromatic heterocycles. The van der Waals surface area contributed by atoms with Crippen LogP contribution in [-0.2, 0) is 12.3 Å². The lowest BCUT2D eigenvalue weighted by Gasteiger charge is -2.21. The summed E-state index contributed by atoms with van der Waals surface area (Å²) in [7, 11) is 0. The van der Waals surface area contributed by atoms with Crippen molar-refractivity contribution in [3.8, 4) is 0 Å². The standard InChI is InChI=1S/C13H19F2NOS2/c14-13(15)19-9-12-2-1-11(17-12)8-16-7-10-3-5-18-6-4-10/h1-2,10,13,16H,3-9H2. The van der Waals surface area contributed by atoms with Crippen LogP contribution in [0.2, 0.25) is 0 Å². The van der Waals surface area contributed by atoms with E-state index < -0.39 is 5.76 Å². The molecular formula is C13H19F2NOS2. The molecule has 1 aliphatic heterocycles. The number of halogens is 2. The van der Waals surface area contributed by atoms with E-state index in [2.05, 4.69) is 5.32 Å². The summed E-state index contributed by atoms with van der Waals surface area (Å²) in [5.74, 6) is 2.65. The second-order valence-electron chi connectivity index (χ2n) is 4.63.